The minimum atomic E-state index is 0.537. The second-order valence-electron chi connectivity index (χ2n) is 8.42. The lowest BCUT2D eigenvalue weighted by molar-refractivity contribution is 0.408. The number of likely N-dealkylation sites (tertiary alicyclic amines) is 1. The van der Waals surface area contributed by atoms with Gasteiger partial charge >= 0.3 is 0 Å². The van der Waals surface area contributed by atoms with Crippen LogP contribution in [0.25, 0.3) is 21.8 Å². The molecule has 1 unspecified atom stereocenters. The lowest BCUT2D eigenvalue weighted by Gasteiger charge is -2.18. The van der Waals surface area contributed by atoms with Gasteiger partial charge in [0.05, 0.1) is 5.52 Å². The lowest BCUT2D eigenvalue weighted by atomic mass is 9.83. The van der Waals surface area contributed by atoms with Crippen LogP contribution in [0.4, 0.5) is 0 Å². The third kappa shape index (κ3) is 2.24. The summed E-state index contributed by atoms with van der Waals surface area (Å²) in [6.45, 7) is 3.42. The average molecular weight is 355 g/mol. The average Bonchev–Trinajstić information content (AvgIpc) is 3.38. The van der Waals surface area contributed by atoms with E-state index in [1.165, 1.54) is 45.8 Å². The third-order valence-electron chi connectivity index (χ3n) is 6.78. The minimum Gasteiger partial charge on any atom is -0.361 e. The number of hydrogen-bond donors (Lipinski definition) is 1. The van der Waals surface area contributed by atoms with Crippen molar-refractivity contribution in [3.8, 4) is 0 Å². The van der Waals surface area contributed by atoms with Crippen LogP contribution in [0.1, 0.15) is 34.9 Å². The van der Waals surface area contributed by atoms with Gasteiger partial charge in [-0.15, -0.1) is 0 Å². The Morgan fingerprint density at radius 1 is 0.926 bits per heavy atom. The Bertz CT molecular complexity index is 1150. The fraction of sp³-hybridized carbons (Fsp3) is 0.333. The maximum atomic E-state index is 3.50. The second kappa shape index (κ2) is 5.74. The first-order valence-corrected chi connectivity index (χ1v) is 10.1. The summed E-state index contributed by atoms with van der Waals surface area (Å²) in [7, 11) is 2.27. The largest absolute Gasteiger partial charge is 0.361 e. The van der Waals surface area contributed by atoms with Gasteiger partial charge < -0.3 is 14.5 Å². The maximum Gasteiger partial charge on any atom is 0.0515 e. The van der Waals surface area contributed by atoms with Gasteiger partial charge in [-0.3, -0.25) is 0 Å². The van der Waals surface area contributed by atoms with Gasteiger partial charge in [0.1, 0.15) is 0 Å². The molecule has 0 saturated carbocycles. The standard InChI is InChI=1S/C24H25N3/c1-26-13-20(19-12-25-23-10-3-2-8-17(19)23)21(14-26)22-15-27-11-5-7-16-6-4-9-18(22)24(16)27/h2-4,6,8-10,12,15,20-21,25H,5,7,11,13-14H2,1H3/t20?,21-/m1/s1. The second-order valence-corrected chi connectivity index (χ2v) is 8.42. The molecular weight excluding hydrogens is 330 g/mol. The molecule has 2 aromatic heterocycles. The quantitative estimate of drug-likeness (QED) is 0.544. The summed E-state index contributed by atoms with van der Waals surface area (Å²) in [5.41, 5.74) is 7.30. The van der Waals surface area contributed by atoms with Gasteiger partial charge in [0.15, 0.2) is 0 Å². The van der Waals surface area contributed by atoms with E-state index in [-0.39, 0.29) is 0 Å². The molecule has 4 aromatic rings. The molecule has 6 rings (SSSR count). The number of aryl methyl sites for hydroxylation is 2. The summed E-state index contributed by atoms with van der Waals surface area (Å²) < 4.78 is 2.52. The smallest absolute Gasteiger partial charge is 0.0515 e. The molecule has 2 aliphatic heterocycles. The van der Waals surface area contributed by atoms with Crippen molar-refractivity contribution in [2.24, 2.45) is 0 Å². The fourth-order valence-corrected chi connectivity index (χ4v) is 5.61. The molecule has 0 aliphatic carbocycles. The van der Waals surface area contributed by atoms with E-state index in [1.807, 2.05) is 0 Å². The van der Waals surface area contributed by atoms with E-state index in [0.29, 0.717) is 11.8 Å². The first-order chi connectivity index (χ1) is 13.3. The minimum absolute atomic E-state index is 0.537. The number of fused-ring (bicyclic) bond motifs is 1. The summed E-state index contributed by atoms with van der Waals surface area (Å²) in [6.07, 6.45) is 7.21. The maximum absolute atomic E-state index is 3.50. The molecule has 4 heterocycles. The first-order valence-electron chi connectivity index (χ1n) is 10.1. The number of para-hydroxylation sites is 2. The zero-order valence-electron chi connectivity index (χ0n) is 15.8. The van der Waals surface area contributed by atoms with Gasteiger partial charge in [0.2, 0.25) is 0 Å². The molecule has 3 heteroatoms. The molecule has 0 amide bonds. The molecule has 1 fully saturated rings. The summed E-state index contributed by atoms with van der Waals surface area (Å²) in [4.78, 5) is 6.00. The van der Waals surface area contributed by atoms with E-state index in [2.05, 4.69) is 76.4 Å². The third-order valence-corrected chi connectivity index (χ3v) is 6.78. The Morgan fingerprint density at radius 3 is 2.67 bits per heavy atom. The van der Waals surface area contributed by atoms with Crippen LogP contribution in [-0.4, -0.2) is 34.6 Å². The lowest BCUT2D eigenvalue weighted by Crippen LogP contribution is -2.13. The number of likely N-dealkylation sites (N-methyl/N-ethyl adjacent to an activating group) is 1. The van der Waals surface area contributed by atoms with Crippen molar-refractivity contribution in [1.82, 2.24) is 14.5 Å². The fourth-order valence-electron chi connectivity index (χ4n) is 5.61. The summed E-state index contributed by atoms with van der Waals surface area (Å²) in [6, 6.07) is 15.7. The van der Waals surface area contributed by atoms with E-state index >= 15 is 0 Å². The molecule has 0 bridgehead atoms. The number of hydrogen-bond acceptors (Lipinski definition) is 1. The monoisotopic (exact) mass is 355 g/mol. The highest BCUT2D eigenvalue weighted by molar-refractivity contribution is 5.89. The number of aromatic amines is 1. The normalized spacial score (nSPS) is 22.9. The zero-order valence-corrected chi connectivity index (χ0v) is 15.8. The molecule has 136 valence electrons. The molecule has 0 spiro atoms. The molecule has 27 heavy (non-hydrogen) atoms. The molecule has 3 nitrogen and oxygen atoms in total. The predicted octanol–water partition coefficient (Wildman–Crippen LogP) is 4.88. The molecule has 0 radical (unpaired) electrons. The summed E-state index contributed by atoms with van der Waals surface area (Å²) in [5.74, 6) is 1.08. The van der Waals surface area contributed by atoms with Gasteiger partial charge in [-0.25, -0.2) is 0 Å². The van der Waals surface area contributed by atoms with E-state index < -0.39 is 0 Å². The Hall–Kier alpha value is -2.52. The SMILES string of the molecule is CN1CC(c2c[nH]c3ccccc23)[C@H](c2cn3c4c(cccc24)CCC3)C1. The molecule has 2 atom stereocenters. The van der Waals surface area contributed by atoms with Gasteiger partial charge in [0, 0.05) is 60.2 Å². The molecule has 1 N–H and O–H groups in total. The van der Waals surface area contributed by atoms with Crippen molar-refractivity contribution in [2.75, 3.05) is 20.1 Å². The van der Waals surface area contributed by atoms with Crippen molar-refractivity contribution >= 4 is 21.8 Å². The predicted molar refractivity (Wildman–Crippen MR) is 112 cm³/mol. The van der Waals surface area contributed by atoms with Crippen LogP contribution in [0.15, 0.2) is 54.9 Å². The molecule has 2 aromatic carbocycles. The van der Waals surface area contributed by atoms with Gasteiger partial charge in [-0.05, 0) is 42.6 Å². The highest BCUT2D eigenvalue weighted by Crippen LogP contribution is 2.45. The van der Waals surface area contributed by atoms with Crippen molar-refractivity contribution in [1.29, 1.82) is 0 Å². The van der Waals surface area contributed by atoms with Crippen molar-refractivity contribution in [3.63, 3.8) is 0 Å². The topological polar surface area (TPSA) is 24.0 Å². The number of nitrogens with one attached hydrogen (secondary N) is 1. The van der Waals surface area contributed by atoms with E-state index in [4.69, 9.17) is 0 Å². The van der Waals surface area contributed by atoms with Crippen molar-refractivity contribution < 1.29 is 0 Å². The number of rotatable bonds is 2. The van der Waals surface area contributed by atoms with Crippen LogP contribution in [0.5, 0.6) is 0 Å². The zero-order chi connectivity index (χ0) is 18.0. The van der Waals surface area contributed by atoms with Crippen LogP contribution >= 0.6 is 0 Å². The Kier molecular flexibility index (Phi) is 3.30. The van der Waals surface area contributed by atoms with Crippen LogP contribution < -0.4 is 0 Å². The van der Waals surface area contributed by atoms with Crippen LogP contribution in [0, 0.1) is 0 Å². The summed E-state index contributed by atoms with van der Waals surface area (Å²) in [5, 5.41) is 2.87. The Morgan fingerprint density at radius 2 is 1.74 bits per heavy atom. The van der Waals surface area contributed by atoms with Crippen LogP contribution in [-0.2, 0) is 13.0 Å². The molecular formula is C24H25N3. The van der Waals surface area contributed by atoms with Gasteiger partial charge in [-0.2, -0.15) is 0 Å². The first kappa shape index (κ1) is 15.5. The van der Waals surface area contributed by atoms with E-state index in [9.17, 15) is 0 Å². The Balaban J connectivity index is 1.52. The number of H-pyrrole nitrogens is 1. The number of aromatic nitrogens is 2. The van der Waals surface area contributed by atoms with Gasteiger partial charge in [-0.1, -0.05) is 36.4 Å². The summed E-state index contributed by atoms with van der Waals surface area (Å²) >= 11 is 0. The highest BCUT2D eigenvalue weighted by Gasteiger charge is 2.36. The van der Waals surface area contributed by atoms with Crippen molar-refractivity contribution in [3.05, 3.63) is 71.5 Å². The van der Waals surface area contributed by atoms with E-state index in [0.717, 1.165) is 19.6 Å². The molecule has 2 aliphatic rings. The van der Waals surface area contributed by atoms with E-state index in [1.54, 1.807) is 5.56 Å². The van der Waals surface area contributed by atoms with Crippen molar-refractivity contribution in [2.45, 2.75) is 31.2 Å². The highest BCUT2D eigenvalue weighted by atomic mass is 15.1. The Labute approximate surface area is 159 Å². The molecule has 1 saturated heterocycles. The number of benzene rings is 2. The van der Waals surface area contributed by atoms with Crippen LogP contribution in [0.3, 0.4) is 0 Å². The van der Waals surface area contributed by atoms with Gasteiger partial charge in [0.25, 0.3) is 0 Å². The number of nitrogens with zero attached hydrogens (tertiary/aromatic N) is 2. The van der Waals surface area contributed by atoms with Crippen LogP contribution in [0.2, 0.25) is 0 Å².